The van der Waals surface area contributed by atoms with Crippen molar-refractivity contribution in [2.45, 2.75) is 0 Å². The van der Waals surface area contributed by atoms with Gasteiger partial charge in [-0.15, -0.1) is 0 Å². The Hall–Kier alpha value is -2.43. The molecule has 0 saturated carbocycles. The molecule has 0 unspecified atom stereocenters. The maximum Gasteiger partial charge on any atom is 0.346 e. The fourth-order valence-corrected chi connectivity index (χ4v) is 1.36. The largest absolute Gasteiger partial charge is 0.386 e. The Morgan fingerprint density at radius 2 is 1.94 bits per heavy atom. The molecule has 1 aliphatic rings. The minimum atomic E-state index is -0.699. The number of carbonyl (C=O) groups is 3. The van der Waals surface area contributed by atoms with Crippen molar-refractivity contribution in [1.29, 1.82) is 0 Å². The Morgan fingerprint density at radius 3 is 2.62 bits per heavy atom. The lowest BCUT2D eigenvalue weighted by Crippen LogP contribution is -2.08. The highest BCUT2D eigenvalue weighted by molar-refractivity contribution is 6.15. The summed E-state index contributed by atoms with van der Waals surface area (Å²) in [7, 11) is 0. The van der Waals surface area contributed by atoms with E-state index in [9.17, 15) is 14.4 Å². The zero-order valence-corrected chi connectivity index (χ0v) is 8.15. The fourth-order valence-electron chi connectivity index (χ4n) is 1.36. The number of hydrogen-bond acceptors (Lipinski definition) is 4. The highest BCUT2D eigenvalue weighted by Crippen LogP contribution is 2.23. The van der Waals surface area contributed by atoms with E-state index in [-0.39, 0.29) is 11.1 Å². The summed E-state index contributed by atoms with van der Waals surface area (Å²) in [5, 5.41) is 2.48. The predicted octanol–water partition coefficient (Wildman–Crippen LogP) is 1.12. The summed E-state index contributed by atoms with van der Waals surface area (Å²) in [6.45, 7) is 3.30. The molecule has 0 aliphatic carbocycles. The SMILES string of the molecule is C=CC(=O)Nc1ccc2c(c1)C(=O)OC2=O. The molecule has 80 valence electrons. The Bertz CT molecular complexity index is 519. The van der Waals surface area contributed by atoms with E-state index in [1.54, 1.807) is 0 Å². The Balaban J connectivity index is 2.36. The summed E-state index contributed by atoms with van der Waals surface area (Å²) in [5.41, 5.74) is 0.781. The standard InChI is InChI=1S/C11H7NO4/c1-2-9(13)12-6-3-4-7-8(5-6)11(15)16-10(7)14/h2-5H,1H2,(H,12,13). The molecular formula is C11H7NO4. The second kappa shape index (κ2) is 3.62. The van der Waals surface area contributed by atoms with Gasteiger partial charge in [0.05, 0.1) is 11.1 Å². The van der Waals surface area contributed by atoms with Crippen LogP contribution in [0.1, 0.15) is 20.7 Å². The number of esters is 2. The summed E-state index contributed by atoms with van der Waals surface area (Å²) < 4.78 is 4.41. The lowest BCUT2D eigenvalue weighted by molar-refractivity contribution is -0.111. The van der Waals surface area contributed by atoms with Crippen molar-refractivity contribution in [3.8, 4) is 0 Å². The smallest absolute Gasteiger partial charge is 0.346 e. The Labute approximate surface area is 90.7 Å². The van der Waals surface area contributed by atoms with Crippen molar-refractivity contribution in [1.82, 2.24) is 0 Å². The third-order valence-corrected chi connectivity index (χ3v) is 2.10. The normalized spacial score (nSPS) is 13.0. The van der Waals surface area contributed by atoms with E-state index in [0.717, 1.165) is 6.08 Å². The van der Waals surface area contributed by atoms with Crippen LogP contribution in [-0.4, -0.2) is 17.8 Å². The Morgan fingerprint density at radius 1 is 1.25 bits per heavy atom. The first kappa shape index (κ1) is 10.1. The molecule has 1 aromatic carbocycles. The number of hydrogen-bond donors (Lipinski definition) is 1. The highest BCUT2D eigenvalue weighted by Gasteiger charge is 2.29. The lowest BCUT2D eigenvalue weighted by atomic mass is 10.1. The van der Waals surface area contributed by atoms with E-state index in [0.29, 0.717) is 5.69 Å². The number of ether oxygens (including phenoxy) is 1. The van der Waals surface area contributed by atoms with Gasteiger partial charge >= 0.3 is 11.9 Å². The number of benzene rings is 1. The quantitative estimate of drug-likeness (QED) is 0.457. The van der Waals surface area contributed by atoms with E-state index in [2.05, 4.69) is 16.6 Å². The van der Waals surface area contributed by atoms with Crippen LogP contribution in [0.3, 0.4) is 0 Å². The first-order chi connectivity index (χ1) is 7.61. The molecule has 1 heterocycles. The average Bonchev–Trinajstić information content (AvgIpc) is 2.54. The number of nitrogens with one attached hydrogen (secondary N) is 1. The van der Waals surface area contributed by atoms with Gasteiger partial charge < -0.3 is 10.1 Å². The first-order valence-electron chi connectivity index (χ1n) is 4.46. The van der Waals surface area contributed by atoms with Crippen LogP contribution >= 0.6 is 0 Å². The molecular weight excluding hydrogens is 210 g/mol. The van der Waals surface area contributed by atoms with Crippen LogP contribution in [0.4, 0.5) is 5.69 Å². The Kier molecular flexibility index (Phi) is 2.28. The maximum absolute atomic E-state index is 11.2. The average molecular weight is 217 g/mol. The molecule has 1 aliphatic heterocycles. The minimum Gasteiger partial charge on any atom is -0.386 e. The second-order valence-corrected chi connectivity index (χ2v) is 3.13. The minimum absolute atomic E-state index is 0.159. The molecule has 0 spiro atoms. The van der Waals surface area contributed by atoms with E-state index in [1.165, 1.54) is 18.2 Å². The van der Waals surface area contributed by atoms with Gasteiger partial charge in [0, 0.05) is 5.69 Å². The molecule has 5 heteroatoms. The van der Waals surface area contributed by atoms with Crippen LogP contribution in [0.2, 0.25) is 0 Å². The number of fused-ring (bicyclic) bond motifs is 1. The summed E-state index contributed by atoms with van der Waals surface area (Å²) in [6, 6.07) is 4.34. The lowest BCUT2D eigenvalue weighted by Gasteiger charge is -2.02. The number of amides is 1. The van der Waals surface area contributed by atoms with Crippen LogP contribution in [-0.2, 0) is 9.53 Å². The first-order valence-corrected chi connectivity index (χ1v) is 4.46. The molecule has 0 saturated heterocycles. The van der Waals surface area contributed by atoms with Gasteiger partial charge in [0.25, 0.3) is 0 Å². The van der Waals surface area contributed by atoms with Crippen LogP contribution in [0, 0.1) is 0 Å². The zero-order chi connectivity index (χ0) is 11.7. The van der Waals surface area contributed by atoms with Gasteiger partial charge in [-0.25, -0.2) is 9.59 Å². The molecule has 0 fully saturated rings. The van der Waals surface area contributed by atoms with Crippen molar-refractivity contribution in [2.24, 2.45) is 0 Å². The predicted molar refractivity (Wildman–Crippen MR) is 55.0 cm³/mol. The van der Waals surface area contributed by atoms with Gasteiger partial charge in [0.15, 0.2) is 0 Å². The summed E-state index contributed by atoms with van der Waals surface area (Å²) in [6.07, 6.45) is 1.11. The van der Waals surface area contributed by atoms with Gasteiger partial charge in [-0.1, -0.05) is 6.58 Å². The molecule has 1 amide bonds. The monoisotopic (exact) mass is 217 g/mol. The number of anilines is 1. The molecule has 0 radical (unpaired) electrons. The highest BCUT2D eigenvalue weighted by atomic mass is 16.6. The molecule has 0 bridgehead atoms. The van der Waals surface area contributed by atoms with Crippen molar-refractivity contribution in [3.05, 3.63) is 42.0 Å². The van der Waals surface area contributed by atoms with Crippen molar-refractivity contribution >= 4 is 23.5 Å². The van der Waals surface area contributed by atoms with Crippen LogP contribution in [0.5, 0.6) is 0 Å². The molecule has 1 N–H and O–H groups in total. The molecule has 2 rings (SSSR count). The molecule has 16 heavy (non-hydrogen) atoms. The molecule has 1 aromatic rings. The number of carbonyl (C=O) groups excluding carboxylic acids is 3. The topological polar surface area (TPSA) is 72.5 Å². The number of rotatable bonds is 2. The van der Waals surface area contributed by atoms with Gasteiger partial charge in [0.2, 0.25) is 5.91 Å². The van der Waals surface area contributed by atoms with E-state index < -0.39 is 17.8 Å². The van der Waals surface area contributed by atoms with E-state index >= 15 is 0 Å². The van der Waals surface area contributed by atoms with Crippen LogP contribution < -0.4 is 5.32 Å². The third-order valence-electron chi connectivity index (χ3n) is 2.10. The van der Waals surface area contributed by atoms with Crippen molar-refractivity contribution < 1.29 is 19.1 Å². The van der Waals surface area contributed by atoms with Crippen molar-refractivity contribution in [2.75, 3.05) is 5.32 Å². The van der Waals surface area contributed by atoms with Crippen molar-refractivity contribution in [3.63, 3.8) is 0 Å². The maximum atomic E-state index is 11.2. The van der Waals surface area contributed by atoms with E-state index in [1.807, 2.05) is 0 Å². The zero-order valence-electron chi connectivity index (χ0n) is 8.15. The van der Waals surface area contributed by atoms with Gasteiger partial charge in [-0.2, -0.15) is 0 Å². The van der Waals surface area contributed by atoms with E-state index in [4.69, 9.17) is 0 Å². The molecule has 0 atom stereocenters. The van der Waals surface area contributed by atoms with Gasteiger partial charge in [0.1, 0.15) is 0 Å². The fraction of sp³-hybridized carbons (Fsp3) is 0. The summed E-state index contributed by atoms with van der Waals surface area (Å²) >= 11 is 0. The van der Waals surface area contributed by atoms with Crippen LogP contribution in [0.25, 0.3) is 0 Å². The molecule has 0 aromatic heterocycles. The number of cyclic esters (lactones) is 2. The second-order valence-electron chi connectivity index (χ2n) is 3.13. The summed E-state index contributed by atoms with van der Waals surface area (Å²) in [4.78, 5) is 33.3. The third kappa shape index (κ3) is 1.58. The van der Waals surface area contributed by atoms with Gasteiger partial charge in [-0.05, 0) is 24.3 Å². The van der Waals surface area contributed by atoms with Gasteiger partial charge in [-0.3, -0.25) is 4.79 Å². The molecule has 5 nitrogen and oxygen atoms in total. The van der Waals surface area contributed by atoms with Crippen LogP contribution in [0.15, 0.2) is 30.9 Å². The summed E-state index contributed by atoms with van der Waals surface area (Å²) in [5.74, 6) is -1.76.